The number of amides is 2. The number of hydrogen-bond donors (Lipinski definition) is 2. The summed E-state index contributed by atoms with van der Waals surface area (Å²) < 4.78 is 6.97. The lowest BCUT2D eigenvalue weighted by atomic mass is 10.2. The van der Waals surface area contributed by atoms with Gasteiger partial charge in [0.1, 0.15) is 5.75 Å². The van der Waals surface area contributed by atoms with Gasteiger partial charge in [0.05, 0.1) is 18.9 Å². The molecule has 0 unspecified atom stereocenters. The predicted octanol–water partition coefficient (Wildman–Crippen LogP) is 4.00. The first-order valence-electron chi connectivity index (χ1n) is 10.4. The minimum Gasteiger partial charge on any atom is -0.497 e. The Morgan fingerprint density at radius 3 is 2.58 bits per heavy atom. The number of benzene rings is 2. The van der Waals surface area contributed by atoms with Crippen LogP contribution in [-0.2, 0) is 11.3 Å². The Hall–Kier alpha value is -3.59. The van der Waals surface area contributed by atoms with Crippen molar-refractivity contribution in [3.8, 4) is 5.75 Å². The van der Waals surface area contributed by atoms with Crippen LogP contribution in [0.4, 0.5) is 5.69 Å². The normalized spacial score (nSPS) is 11.5. The van der Waals surface area contributed by atoms with Crippen LogP contribution in [0.3, 0.4) is 0 Å². The maximum atomic E-state index is 12.6. The maximum Gasteiger partial charge on any atom is 0.251 e. The quantitative estimate of drug-likeness (QED) is 0.347. The molecule has 0 aliphatic heterocycles. The average Bonchev–Trinajstić information content (AvgIpc) is 3.22. The lowest BCUT2D eigenvalue weighted by molar-refractivity contribution is -0.113. The van der Waals surface area contributed by atoms with Crippen molar-refractivity contribution in [2.75, 3.05) is 18.2 Å². The first-order valence-corrected chi connectivity index (χ1v) is 11.4. The van der Waals surface area contributed by atoms with Crippen LogP contribution < -0.4 is 15.4 Å². The van der Waals surface area contributed by atoms with Crippen LogP contribution in [0.5, 0.6) is 5.75 Å². The molecule has 1 aromatic heterocycles. The summed E-state index contributed by atoms with van der Waals surface area (Å²) in [5.41, 5.74) is 2.29. The van der Waals surface area contributed by atoms with Gasteiger partial charge < -0.3 is 19.9 Å². The summed E-state index contributed by atoms with van der Waals surface area (Å²) in [5, 5.41) is 14.9. The van der Waals surface area contributed by atoms with E-state index in [1.807, 2.05) is 42.7 Å². The van der Waals surface area contributed by atoms with E-state index in [9.17, 15) is 9.59 Å². The molecule has 8 nitrogen and oxygen atoms in total. The highest BCUT2D eigenvalue weighted by Crippen LogP contribution is 2.22. The first-order chi connectivity index (χ1) is 15.9. The van der Waals surface area contributed by atoms with Gasteiger partial charge in [-0.25, -0.2) is 0 Å². The zero-order chi connectivity index (χ0) is 23.8. The second-order valence-electron chi connectivity index (χ2n) is 7.32. The molecule has 3 rings (SSSR count). The van der Waals surface area contributed by atoms with Crippen molar-refractivity contribution in [3.63, 3.8) is 0 Å². The van der Waals surface area contributed by atoms with Gasteiger partial charge in [0, 0.05) is 17.8 Å². The van der Waals surface area contributed by atoms with Gasteiger partial charge in [-0.3, -0.25) is 9.59 Å². The Morgan fingerprint density at radius 1 is 1.18 bits per heavy atom. The Morgan fingerprint density at radius 2 is 1.91 bits per heavy atom. The molecule has 0 fully saturated rings. The van der Waals surface area contributed by atoms with Gasteiger partial charge in [-0.1, -0.05) is 36.0 Å². The second-order valence-corrected chi connectivity index (χ2v) is 8.26. The average molecular weight is 466 g/mol. The van der Waals surface area contributed by atoms with E-state index >= 15 is 0 Å². The molecule has 3 aromatic rings. The van der Waals surface area contributed by atoms with Crippen LogP contribution in [0.15, 0.2) is 66.3 Å². The minimum absolute atomic E-state index is 0.134. The molecule has 2 amide bonds. The molecule has 1 heterocycles. The molecule has 172 valence electrons. The number of thioether (sulfide) groups is 1. The summed E-state index contributed by atoms with van der Waals surface area (Å²) in [6.45, 7) is 8.03. The topological polar surface area (TPSA) is 98.1 Å². The van der Waals surface area contributed by atoms with E-state index in [2.05, 4.69) is 27.4 Å². The summed E-state index contributed by atoms with van der Waals surface area (Å²) in [6.07, 6.45) is 1.72. The van der Waals surface area contributed by atoms with Gasteiger partial charge in [0.2, 0.25) is 5.91 Å². The van der Waals surface area contributed by atoms with Gasteiger partial charge in [-0.15, -0.1) is 16.8 Å². The highest BCUT2D eigenvalue weighted by atomic mass is 32.2. The lowest BCUT2D eigenvalue weighted by Gasteiger charge is -2.15. The fraction of sp³-hybridized carbons (Fsp3) is 0.250. The molecule has 0 bridgehead atoms. The van der Waals surface area contributed by atoms with Crippen molar-refractivity contribution in [1.82, 2.24) is 20.1 Å². The number of nitrogens with zero attached hydrogens (tertiary/aromatic N) is 3. The van der Waals surface area contributed by atoms with Gasteiger partial charge in [-0.05, 0) is 49.7 Å². The van der Waals surface area contributed by atoms with E-state index < -0.39 is 6.04 Å². The molecule has 0 spiro atoms. The third-order valence-electron chi connectivity index (χ3n) is 4.90. The number of methoxy groups -OCH3 is 1. The minimum atomic E-state index is -0.401. The van der Waals surface area contributed by atoms with E-state index in [0.717, 1.165) is 11.3 Å². The molecular formula is C24H27N5O3S. The van der Waals surface area contributed by atoms with Gasteiger partial charge >= 0.3 is 0 Å². The number of aryl methyl sites for hydroxylation is 1. The third-order valence-corrected chi connectivity index (χ3v) is 5.86. The zero-order valence-electron chi connectivity index (χ0n) is 18.9. The van der Waals surface area contributed by atoms with Crippen LogP contribution in [0.25, 0.3) is 0 Å². The van der Waals surface area contributed by atoms with Crippen molar-refractivity contribution < 1.29 is 14.3 Å². The Bertz CT molecular complexity index is 1130. The fourth-order valence-electron chi connectivity index (χ4n) is 3.14. The third kappa shape index (κ3) is 6.23. The Labute approximate surface area is 197 Å². The van der Waals surface area contributed by atoms with Crippen LogP contribution in [0.1, 0.15) is 34.7 Å². The molecule has 1 atom stereocenters. The summed E-state index contributed by atoms with van der Waals surface area (Å²) in [5.74, 6) is 1.07. The van der Waals surface area contributed by atoms with Crippen molar-refractivity contribution >= 4 is 29.3 Å². The Kier molecular flexibility index (Phi) is 8.26. The number of rotatable bonds is 10. The lowest BCUT2D eigenvalue weighted by Crippen LogP contribution is -2.28. The number of carbonyl (C=O) groups is 2. The van der Waals surface area contributed by atoms with E-state index in [4.69, 9.17) is 4.74 Å². The van der Waals surface area contributed by atoms with E-state index in [0.29, 0.717) is 28.8 Å². The molecule has 0 saturated heterocycles. The monoisotopic (exact) mass is 465 g/mol. The number of allylic oxidation sites excluding steroid dienone is 1. The maximum absolute atomic E-state index is 12.6. The highest BCUT2D eigenvalue weighted by molar-refractivity contribution is 7.99. The number of carbonyl (C=O) groups excluding carboxylic acids is 2. The summed E-state index contributed by atoms with van der Waals surface area (Å²) in [4.78, 5) is 25.1. The summed E-state index contributed by atoms with van der Waals surface area (Å²) in [7, 11) is 1.57. The number of hydrogen-bond acceptors (Lipinski definition) is 6. The number of para-hydroxylation sites is 1. The van der Waals surface area contributed by atoms with Gasteiger partial charge in [0.25, 0.3) is 5.91 Å². The molecule has 2 aromatic carbocycles. The first kappa shape index (κ1) is 24.1. The van der Waals surface area contributed by atoms with E-state index in [1.165, 1.54) is 11.8 Å². The van der Waals surface area contributed by atoms with Crippen molar-refractivity contribution in [1.29, 1.82) is 0 Å². The standard InChI is InChI=1S/C24H27N5O3S/c1-5-14-29-22(17(3)25-23(31)18-10-12-19(32-4)13-11-18)27-28-24(29)33-15-21(30)26-20-9-7-6-8-16(20)2/h5-13,17H,1,14-15H2,2-4H3,(H,25,31)(H,26,30)/t17-/m0/s1. The molecule has 0 saturated carbocycles. The molecule has 33 heavy (non-hydrogen) atoms. The van der Waals surface area contributed by atoms with Gasteiger partial charge in [-0.2, -0.15) is 0 Å². The predicted molar refractivity (Wildman–Crippen MR) is 130 cm³/mol. The van der Waals surface area contributed by atoms with E-state index in [1.54, 1.807) is 37.5 Å². The number of aromatic nitrogens is 3. The number of nitrogens with one attached hydrogen (secondary N) is 2. The molecule has 2 N–H and O–H groups in total. The van der Waals surface area contributed by atoms with Crippen LogP contribution in [0, 0.1) is 6.92 Å². The largest absolute Gasteiger partial charge is 0.497 e. The van der Waals surface area contributed by atoms with Crippen LogP contribution >= 0.6 is 11.8 Å². The van der Waals surface area contributed by atoms with Crippen molar-refractivity contribution in [2.24, 2.45) is 0 Å². The van der Waals surface area contributed by atoms with E-state index in [-0.39, 0.29) is 17.6 Å². The SMILES string of the molecule is C=CCn1c(SCC(=O)Nc2ccccc2C)nnc1[C@H](C)NC(=O)c1ccc(OC)cc1. The molecule has 9 heteroatoms. The van der Waals surface area contributed by atoms with Gasteiger partial charge in [0.15, 0.2) is 11.0 Å². The number of anilines is 1. The Balaban J connectivity index is 1.66. The molecular weight excluding hydrogens is 438 g/mol. The van der Waals surface area contributed by atoms with Crippen LogP contribution in [0.2, 0.25) is 0 Å². The van der Waals surface area contributed by atoms with Crippen molar-refractivity contribution in [2.45, 2.75) is 31.6 Å². The zero-order valence-corrected chi connectivity index (χ0v) is 19.7. The van der Waals surface area contributed by atoms with Crippen molar-refractivity contribution in [3.05, 3.63) is 78.1 Å². The summed E-state index contributed by atoms with van der Waals surface area (Å²) >= 11 is 1.28. The second kappa shape index (κ2) is 11.3. The van der Waals surface area contributed by atoms with Crippen LogP contribution in [-0.4, -0.2) is 39.4 Å². The molecule has 0 aliphatic carbocycles. The highest BCUT2D eigenvalue weighted by Gasteiger charge is 2.20. The molecule has 0 radical (unpaired) electrons. The number of ether oxygens (including phenoxy) is 1. The molecule has 0 aliphatic rings. The smallest absolute Gasteiger partial charge is 0.251 e. The fourth-order valence-corrected chi connectivity index (χ4v) is 3.90. The summed E-state index contributed by atoms with van der Waals surface area (Å²) in [6, 6.07) is 14.1.